The summed E-state index contributed by atoms with van der Waals surface area (Å²) < 4.78 is 0. The van der Waals surface area contributed by atoms with E-state index in [9.17, 15) is 0 Å². The van der Waals surface area contributed by atoms with Crippen molar-refractivity contribution in [3.63, 3.8) is 0 Å². The van der Waals surface area contributed by atoms with Crippen molar-refractivity contribution in [3.05, 3.63) is 28.0 Å². The minimum atomic E-state index is 0.470. The third-order valence-electron chi connectivity index (χ3n) is 1.90. The van der Waals surface area contributed by atoms with Gasteiger partial charge in [-0.15, -0.1) is 0 Å². The van der Waals surface area contributed by atoms with E-state index in [1.54, 1.807) is 0 Å². The van der Waals surface area contributed by atoms with Gasteiger partial charge in [-0.25, -0.2) is 0 Å². The van der Waals surface area contributed by atoms with Crippen molar-refractivity contribution in [3.8, 4) is 0 Å². The van der Waals surface area contributed by atoms with Gasteiger partial charge in [0.1, 0.15) is 0 Å². The number of halogens is 1. The van der Waals surface area contributed by atoms with Crippen LogP contribution in [0.5, 0.6) is 0 Å². The number of pyridine rings is 1. The van der Waals surface area contributed by atoms with Crippen molar-refractivity contribution < 1.29 is 0 Å². The topological polar surface area (TPSA) is 12.9 Å². The van der Waals surface area contributed by atoms with Gasteiger partial charge in [0.05, 0.1) is 10.7 Å². The van der Waals surface area contributed by atoms with E-state index in [1.165, 1.54) is 5.56 Å². The van der Waals surface area contributed by atoms with Crippen LogP contribution in [0.25, 0.3) is 0 Å². The Bertz CT molecular complexity index is 292. The van der Waals surface area contributed by atoms with Crippen LogP contribution >= 0.6 is 11.6 Å². The Labute approximate surface area is 78.8 Å². The summed E-state index contributed by atoms with van der Waals surface area (Å²) >= 11 is 6.10. The summed E-state index contributed by atoms with van der Waals surface area (Å²) in [4.78, 5) is 4.28. The molecule has 0 saturated heterocycles. The van der Waals surface area contributed by atoms with Crippen LogP contribution in [0.2, 0.25) is 5.02 Å². The van der Waals surface area contributed by atoms with E-state index in [0.717, 1.165) is 16.4 Å². The first-order valence-corrected chi connectivity index (χ1v) is 4.53. The molecule has 0 aromatic carbocycles. The Hall–Kier alpha value is -0.560. The van der Waals surface area contributed by atoms with Crippen LogP contribution in [0, 0.1) is 13.8 Å². The van der Waals surface area contributed by atoms with E-state index in [0.29, 0.717) is 5.92 Å². The van der Waals surface area contributed by atoms with Crippen LogP contribution < -0.4 is 0 Å². The summed E-state index contributed by atoms with van der Waals surface area (Å²) in [7, 11) is 0. The highest BCUT2D eigenvalue weighted by Gasteiger charge is 2.08. The lowest BCUT2D eigenvalue weighted by Crippen LogP contribution is -1.96. The monoisotopic (exact) mass is 183 g/mol. The summed E-state index contributed by atoms with van der Waals surface area (Å²) in [5, 5.41) is 0.815. The van der Waals surface area contributed by atoms with Crippen LogP contribution in [-0.4, -0.2) is 4.98 Å². The number of aromatic nitrogens is 1. The second-order valence-corrected chi connectivity index (χ2v) is 3.78. The third kappa shape index (κ3) is 1.78. The van der Waals surface area contributed by atoms with Crippen LogP contribution in [0.4, 0.5) is 0 Å². The van der Waals surface area contributed by atoms with Crippen LogP contribution in [0.1, 0.15) is 36.7 Å². The first-order valence-electron chi connectivity index (χ1n) is 4.16. The van der Waals surface area contributed by atoms with Gasteiger partial charge >= 0.3 is 0 Å². The van der Waals surface area contributed by atoms with Gasteiger partial charge in [-0.1, -0.05) is 25.4 Å². The van der Waals surface area contributed by atoms with Crippen molar-refractivity contribution in [2.24, 2.45) is 0 Å². The normalized spacial score (nSPS) is 10.8. The highest BCUT2D eigenvalue weighted by atomic mass is 35.5. The maximum absolute atomic E-state index is 6.10. The fourth-order valence-corrected chi connectivity index (χ4v) is 1.58. The highest BCUT2D eigenvalue weighted by Crippen LogP contribution is 2.26. The molecule has 0 N–H and O–H groups in total. The van der Waals surface area contributed by atoms with Gasteiger partial charge in [0.25, 0.3) is 0 Å². The van der Waals surface area contributed by atoms with E-state index in [1.807, 2.05) is 13.8 Å². The molecule has 0 bridgehead atoms. The molecule has 0 aliphatic heterocycles. The number of rotatable bonds is 1. The van der Waals surface area contributed by atoms with Crippen molar-refractivity contribution in [2.45, 2.75) is 33.6 Å². The van der Waals surface area contributed by atoms with Gasteiger partial charge in [0, 0.05) is 5.69 Å². The standard InChI is InChI=1S/C10H14ClN/c1-6(2)9-5-7(3)12-8(4)10(9)11/h5-6H,1-4H3. The van der Waals surface area contributed by atoms with Crippen LogP contribution in [-0.2, 0) is 0 Å². The van der Waals surface area contributed by atoms with E-state index >= 15 is 0 Å². The molecule has 0 aliphatic carbocycles. The molecule has 1 nitrogen and oxygen atoms in total. The first kappa shape index (κ1) is 9.53. The molecule has 1 aromatic rings. The molecule has 12 heavy (non-hydrogen) atoms. The molecule has 1 aromatic heterocycles. The van der Waals surface area contributed by atoms with Gasteiger partial charge in [-0.3, -0.25) is 4.98 Å². The number of aryl methyl sites for hydroxylation is 2. The second-order valence-electron chi connectivity index (χ2n) is 3.41. The van der Waals surface area contributed by atoms with Gasteiger partial charge < -0.3 is 0 Å². The third-order valence-corrected chi connectivity index (χ3v) is 2.39. The lowest BCUT2D eigenvalue weighted by molar-refractivity contribution is 0.855. The molecule has 1 heterocycles. The summed E-state index contributed by atoms with van der Waals surface area (Å²) in [6.07, 6.45) is 0. The quantitative estimate of drug-likeness (QED) is 0.650. The van der Waals surface area contributed by atoms with Gasteiger partial charge in [-0.05, 0) is 31.4 Å². The van der Waals surface area contributed by atoms with Gasteiger partial charge in [0.2, 0.25) is 0 Å². The van der Waals surface area contributed by atoms with Crippen molar-refractivity contribution >= 4 is 11.6 Å². The summed E-state index contributed by atoms with van der Waals surface area (Å²) in [6.45, 7) is 8.22. The Kier molecular flexibility index (Phi) is 2.73. The zero-order valence-corrected chi connectivity index (χ0v) is 8.74. The van der Waals surface area contributed by atoms with Crippen molar-refractivity contribution in [1.82, 2.24) is 4.98 Å². The van der Waals surface area contributed by atoms with Crippen molar-refractivity contribution in [2.75, 3.05) is 0 Å². The fraction of sp³-hybridized carbons (Fsp3) is 0.500. The molecule has 0 spiro atoms. The highest BCUT2D eigenvalue weighted by molar-refractivity contribution is 6.32. The number of nitrogens with zero attached hydrogens (tertiary/aromatic N) is 1. The molecule has 0 fully saturated rings. The minimum Gasteiger partial charge on any atom is -0.257 e. The van der Waals surface area contributed by atoms with E-state index in [4.69, 9.17) is 11.6 Å². The Balaban J connectivity index is 3.28. The Morgan fingerprint density at radius 1 is 1.33 bits per heavy atom. The summed E-state index contributed by atoms with van der Waals surface area (Å²) in [5.41, 5.74) is 3.17. The second kappa shape index (κ2) is 3.44. The number of hydrogen-bond donors (Lipinski definition) is 0. The molecule has 0 unspecified atom stereocenters. The summed E-state index contributed by atoms with van der Waals surface area (Å²) in [6, 6.07) is 2.06. The Morgan fingerprint density at radius 3 is 2.42 bits per heavy atom. The molecular formula is C10H14ClN. The average Bonchev–Trinajstić information content (AvgIpc) is 1.96. The molecule has 66 valence electrons. The molecule has 0 amide bonds. The van der Waals surface area contributed by atoms with E-state index < -0.39 is 0 Å². The number of hydrogen-bond acceptors (Lipinski definition) is 1. The van der Waals surface area contributed by atoms with Gasteiger partial charge in [0.15, 0.2) is 0 Å². The van der Waals surface area contributed by atoms with Crippen LogP contribution in [0.15, 0.2) is 6.07 Å². The average molecular weight is 184 g/mol. The molecule has 0 atom stereocenters. The predicted molar refractivity (Wildman–Crippen MR) is 52.8 cm³/mol. The lowest BCUT2D eigenvalue weighted by atomic mass is 10.0. The lowest BCUT2D eigenvalue weighted by Gasteiger charge is -2.10. The maximum atomic E-state index is 6.10. The fourth-order valence-electron chi connectivity index (χ4n) is 1.26. The van der Waals surface area contributed by atoms with E-state index in [-0.39, 0.29) is 0 Å². The molecule has 0 aliphatic rings. The minimum absolute atomic E-state index is 0.470. The van der Waals surface area contributed by atoms with Crippen molar-refractivity contribution in [1.29, 1.82) is 0 Å². The molecule has 2 heteroatoms. The maximum Gasteiger partial charge on any atom is 0.0653 e. The molecule has 0 saturated carbocycles. The summed E-state index contributed by atoms with van der Waals surface area (Å²) in [5.74, 6) is 0.470. The van der Waals surface area contributed by atoms with Gasteiger partial charge in [-0.2, -0.15) is 0 Å². The zero-order valence-electron chi connectivity index (χ0n) is 7.98. The molecule has 0 radical (unpaired) electrons. The smallest absolute Gasteiger partial charge is 0.0653 e. The van der Waals surface area contributed by atoms with Crippen LogP contribution in [0.3, 0.4) is 0 Å². The molecular weight excluding hydrogens is 170 g/mol. The first-order chi connectivity index (χ1) is 5.52. The molecule has 1 rings (SSSR count). The zero-order chi connectivity index (χ0) is 9.30. The largest absolute Gasteiger partial charge is 0.257 e. The Morgan fingerprint density at radius 2 is 1.92 bits per heavy atom. The SMILES string of the molecule is Cc1cc(C(C)C)c(Cl)c(C)n1. The predicted octanol–water partition coefficient (Wildman–Crippen LogP) is 3.48. The van der Waals surface area contributed by atoms with E-state index in [2.05, 4.69) is 24.9 Å².